The van der Waals surface area contributed by atoms with Crippen molar-refractivity contribution < 1.29 is 18.0 Å². The molecule has 1 aromatic heterocycles. The lowest BCUT2D eigenvalue weighted by atomic mass is 10.0. The minimum atomic E-state index is -4.19. The third kappa shape index (κ3) is 4.00. The lowest BCUT2D eigenvalue weighted by molar-refractivity contribution is -0.135. The first-order valence-electron chi connectivity index (χ1n) is 4.92. The molecule has 0 atom stereocenters. The normalized spacial score (nSPS) is 11.5. The molecule has 0 amide bonds. The second-order valence-corrected chi connectivity index (χ2v) is 3.53. The van der Waals surface area contributed by atoms with Crippen LogP contribution in [-0.4, -0.2) is 16.9 Å². The Morgan fingerprint density at radius 1 is 1.44 bits per heavy atom. The number of Topliss-reactive ketones (excluding diaryl/α,β-unsaturated/α-hetero) is 1. The first kappa shape index (κ1) is 12.7. The average molecular weight is 231 g/mol. The summed E-state index contributed by atoms with van der Waals surface area (Å²) in [5.74, 6) is -0.283. The zero-order chi connectivity index (χ0) is 12.2. The van der Waals surface area contributed by atoms with E-state index in [1.807, 2.05) is 0 Å². The number of carbonyl (C=O) groups is 1. The molecule has 1 aromatic rings. The number of halogens is 3. The quantitative estimate of drug-likeness (QED) is 0.744. The standard InChI is InChI=1S/C11H12F3NO/c1-8-9(4-3-7-15-8)10(16)5-2-6-11(12,13)14/h3-4,7H,2,5-6H2,1H3. The van der Waals surface area contributed by atoms with Gasteiger partial charge in [0.05, 0.1) is 0 Å². The highest BCUT2D eigenvalue weighted by Gasteiger charge is 2.26. The molecule has 0 radical (unpaired) electrons. The molecule has 0 bridgehead atoms. The summed E-state index contributed by atoms with van der Waals surface area (Å²) >= 11 is 0. The predicted molar refractivity (Wildman–Crippen MR) is 53.2 cm³/mol. The molecule has 0 saturated carbocycles. The third-order valence-electron chi connectivity index (χ3n) is 2.17. The fraction of sp³-hybridized carbons (Fsp3) is 0.455. The number of alkyl halides is 3. The van der Waals surface area contributed by atoms with Gasteiger partial charge in [-0.3, -0.25) is 9.78 Å². The van der Waals surface area contributed by atoms with Crippen molar-refractivity contribution in [2.75, 3.05) is 0 Å². The molecule has 2 nitrogen and oxygen atoms in total. The van der Waals surface area contributed by atoms with Gasteiger partial charge < -0.3 is 0 Å². The molecule has 0 aliphatic rings. The van der Waals surface area contributed by atoms with Crippen LogP contribution in [0.1, 0.15) is 35.3 Å². The lowest BCUT2D eigenvalue weighted by Gasteiger charge is -2.06. The van der Waals surface area contributed by atoms with Gasteiger partial charge in [0.2, 0.25) is 0 Å². The van der Waals surface area contributed by atoms with Crippen LogP contribution in [0.3, 0.4) is 0 Å². The van der Waals surface area contributed by atoms with E-state index >= 15 is 0 Å². The summed E-state index contributed by atoms with van der Waals surface area (Å²) in [4.78, 5) is 15.5. The van der Waals surface area contributed by atoms with Gasteiger partial charge >= 0.3 is 6.18 Å². The smallest absolute Gasteiger partial charge is 0.294 e. The number of rotatable bonds is 4. The number of carbonyl (C=O) groups excluding carboxylic acids is 1. The molecule has 1 rings (SSSR count). The Bertz CT molecular complexity index is 374. The molecule has 5 heteroatoms. The van der Waals surface area contributed by atoms with E-state index in [4.69, 9.17) is 0 Å². The number of aryl methyl sites for hydroxylation is 1. The second kappa shape index (κ2) is 5.09. The van der Waals surface area contributed by atoms with Gasteiger partial charge in [-0.05, 0) is 25.5 Å². The van der Waals surface area contributed by atoms with E-state index in [-0.39, 0.29) is 18.6 Å². The minimum absolute atomic E-state index is 0.0912. The van der Waals surface area contributed by atoms with Crippen LogP contribution in [0.2, 0.25) is 0 Å². The molecule has 0 aliphatic carbocycles. The minimum Gasteiger partial charge on any atom is -0.294 e. The summed E-state index contributed by atoms with van der Waals surface area (Å²) in [5.41, 5.74) is 0.962. The van der Waals surface area contributed by atoms with Crippen LogP contribution in [0.5, 0.6) is 0 Å². The summed E-state index contributed by atoms with van der Waals surface area (Å²) in [5, 5.41) is 0. The van der Waals surface area contributed by atoms with Crippen molar-refractivity contribution in [2.45, 2.75) is 32.4 Å². The van der Waals surface area contributed by atoms with Crippen molar-refractivity contribution in [1.29, 1.82) is 0 Å². The molecule has 0 aromatic carbocycles. The maximum atomic E-state index is 11.9. The zero-order valence-corrected chi connectivity index (χ0v) is 8.84. The summed E-state index contributed by atoms with van der Waals surface area (Å²) < 4.78 is 35.6. The second-order valence-electron chi connectivity index (χ2n) is 3.53. The van der Waals surface area contributed by atoms with E-state index in [1.54, 1.807) is 25.3 Å². The number of ketones is 1. The molecule has 16 heavy (non-hydrogen) atoms. The average Bonchev–Trinajstić information content (AvgIpc) is 2.16. The number of nitrogens with zero attached hydrogens (tertiary/aromatic N) is 1. The highest BCUT2D eigenvalue weighted by Crippen LogP contribution is 2.23. The maximum Gasteiger partial charge on any atom is 0.389 e. The molecule has 1 heterocycles. The van der Waals surface area contributed by atoms with Crippen molar-refractivity contribution in [2.24, 2.45) is 0 Å². The van der Waals surface area contributed by atoms with Crippen molar-refractivity contribution >= 4 is 5.78 Å². The van der Waals surface area contributed by atoms with Crippen LogP contribution in [-0.2, 0) is 0 Å². The van der Waals surface area contributed by atoms with Gasteiger partial charge in [-0.2, -0.15) is 13.2 Å². The lowest BCUT2D eigenvalue weighted by Crippen LogP contribution is -2.09. The zero-order valence-electron chi connectivity index (χ0n) is 8.84. The summed E-state index contributed by atoms with van der Waals surface area (Å²) in [7, 11) is 0. The van der Waals surface area contributed by atoms with Crippen molar-refractivity contribution in [1.82, 2.24) is 4.98 Å². The van der Waals surface area contributed by atoms with Crippen molar-refractivity contribution in [3.63, 3.8) is 0 Å². The Morgan fingerprint density at radius 3 is 2.69 bits per heavy atom. The number of aromatic nitrogens is 1. The predicted octanol–water partition coefficient (Wildman–Crippen LogP) is 3.31. The Kier molecular flexibility index (Phi) is 4.04. The molecule has 0 aliphatic heterocycles. The molecule has 0 spiro atoms. The summed E-state index contributed by atoms with van der Waals surface area (Å²) in [6.45, 7) is 1.66. The monoisotopic (exact) mass is 231 g/mol. The molecule has 0 fully saturated rings. The topological polar surface area (TPSA) is 30.0 Å². The van der Waals surface area contributed by atoms with E-state index in [0.717, 1.165) is 0 Å². The Morgan fingerprint density at radius 2 is 2.12 bits per heavy atom. The van der Waals surface area contributed by atoms with Crippen LogP contribution < -0.4 is 0 Å². The number of hydrogen-bond donors (Lipinski definition) is 0. The van der Waals surface area contributed by atoms with Crippen molar-refractivity contribution in [3.05, 3.63) is 29.6 Å². The number of pyridine rings is 1. The van der Waals surface area contributed by atoms with Gasteiger partial charge in [-0.25, -0.2) is 0 Å². The van der Waals surface area contributed by atoms with Crippen LogP contribution in [0.25, 0.3) is 0 Å². The van der Waals surface area contributed by atoms with Crippen LogP contribution in [0.4, 0.5) is 13.2 Å². The number of hydrogen-bond acceptors (Lipinski definition) is 2. The molecule has 0 N–H and O–H groups in total. The van der Waals surface area contributed by atoms with Gasteiger partial charge in [0, 0.05) is 30.3 Å². The molecular formula is C11H12F3NO. The van der Waals surface area contributed by atoms with Crippen molar-refractivity contribution in [3.8, 4) is 0 Å². The highest BCUT2D eigenvalue weighted by molar-refractivity contribution is 5.96. The Hall–Kier alpha value is -1.39. The summed E-state index contributed by atoms with van der Waals surface area (Å²) in [6, 6.07) is 3.18. The van der Waals surface area contributed by atoms with E-state index in [2.05, 4.69) is 4.98 Å². The van der Waals surface area contributed by atoms with Gasteiger partial charge in [0.15, 0.2) is 5.78 Å². The summed E-state index contributed by atoms with van der Waals surface area (Å²) in [6.07, 6.45) is -3.83. The van der Waals surface area contributed by atoms with E-state index in [0.29, 0.717) is 11.3 Å². The van der Waals surface area contributed by atoms with Gasteiger partial charge in [0.25, 0.3) is 0 Å². The van der Waals surface area contributed by atoms with Gasteiger partial charge in [-0.15, -0.1) is 0 Å². The van der Waals surface area contributed by atoms with E-state index in [9.17, 15) is 18.0 Å². The Labute approximate surface area is 91.5 Å². The largest absolute Gasteiger partial charge is 0.389 e. The Balaban J connectivity index is 2.51. The van der Waals surface area contributed by atoms with E-state index < -0.39 is 12.6 Å². The molecular weight excluding hydrogens is 219 g/mol. The highest BCUT2D eigenvalue weighted by atomic mass is 19.4. The van der Waals surface area contributed by atoms with Crippen LogP contribution in [0.15, 0.2) is 18.3 Å². The molecule has 0 saturated heterocycles. The van der Waals surface area contributed by atoms with E-state index in [1.165, 1.54) is 0 Å². The first-order chi connectivity index (χ1) is 7.40. The fourth-order valence-corrected chi connectivity index (χ4v) is 1.36. The molecule has 0 unspecified atom stereocenters. The fourth-order valence-electron chi connectivity index (χ4n) is 1.36. The molecule has 88 valence electrons. The first-order valence-corrected chi connectivity index (χ1v) is 4.92. The van der Waals surface area contributed by atoms with Gasteiger partial charge in [0.1, 0.15) is 0 Å². The van der Waals surface area contributed by atoms with Crippen LogP contribution in [0, 0.1) is 6.92 Å². The van der Waals surface area contributed by atoms with Gasteiger partial charge in [-0.1, -0.05) is 0 Å². The van der Waals surface area contributed by atoms with Crippen LogP contribution >= 0.6 is 0 Å². The maximum absolute atomic E-state index is 11.9. The third-order valence-corrected chi connectivity index (χ3v) is 2.17. The SMILES string of the molecule is Cc1ncccc1C(=O)CCCC(F)(F)F.